The van der Waals surface area contributed by atoms with Gasteiger partial charge in [-0.25, -0.2) is 4.98 Å². The van der Waals surface area contributed by atoms with E-state index in [0.717, 1.165) is 39.0 Å². The zero-order valence-electron chi connectivity index (χ0n) is 15.5. The standard InChI is InChI=1S/C22H18ClN3O2S/c23-15-5-6-19-18(12-15)25-21(29-19)13-7-9-26(10-8-13)22(28)16-11-14-3-1-2-4-17(14)24-20(16)27/h1-6,11-13H,7-10H2,(H,24,27). The molecule has 1 fully saturated rings. The van der Waals surface area contributed by atoms with Crippen molar-refractivity contribution in [3.8, 4) is 0 Å². The van der Waals surface area contributed by atoms with E-state index < -0.39 is 0 Å². The van der Waals surface area contributed by atoms with Crippen molar-refractivity contribution in [2.75, 3.05) is 13.1 Å². The molecule has 5 nitrogen and oxygen atoms in total. The van der Waals surface area contributed by atoms with Gasteiger partial charge >= 0.3 is 0 Å². The molecule has 146 valence electrons. The summed E-state index contributed by atoms with van der Waals surface area (Å²) in [7, 11) is 0. The first kappa shape index (κ1) is 18.3. The average Bonchev–Trinajstić information content (AvgIpc) is 3.16. The number of fused-ring (bicyclic) bond motifs is 2. The Kier molecular flexibility index (Phi) is 4.60. The average molecular weight is 424 g/mol. The van der Waals surface area contributed by atoms with Crippen LogP contribution in [0.5, 0.6) is 0 Å². The smallest absolute Gasteiger partial charge is 0.261 e. The lowest BCUT2D eigenvalue weighted by Crippen LogP contribution is -2.40. The molecule has 7 heteroatoms. The Hall–Kier alpha value is -2.70. The number of nitrogens with zero attached hydrogens (tertiary/aromatic N) is 2. The number of amides is 1. The third-order valence-corrected chi connectivity index (χ3v) is 6.92. The quantitative estimate of drug-likeness (QED) is 0.503. The Bertz CT molecular complexity index is 1290. The molecule has 0 unspecified atom stereocenters. The molecule has 0 aliphatic carbocycles. The van der Waals surface area contributed by atoms with Gasteiger partial charge in [0.15, 0.2) is 0 Å². The molecular formula is C22H18ClN3O2S. The van der Waals surface area contributed by atoms with E-state index in [1.54, 1.807) is 22.3 Å². The van der Waals surface area contributed by atoms with E-state index in [2.05, 4.69) is 4.98 Å². The minimum absolute atomic E-state index is 0.202. The van der Waals surface area contributed by atoms with Gasteiger partial charge in [0.05, 0.1) is 15.2 Å². The van der Waals surface area contributed by atoms with Crippen LogP contribution in [0.1, 0.15) is 34.1 Å². The van der Waals surface area contributed by atoms with Crippen LogP contribution < -0.4 is 5.56 Å². The van der Waals surface area contributed by atoms with E-state index >= 15 is 0 Å². The van der Waals surface area contributed by atoms with E-state index in [0.29, 0.717) is 24.0 Å². The van der Waals surface area contributed by atoms with E-state index in [-0.39, 0.29) is 17.0 Å². The minimum atomic E-state index is -0.334. The first-order chi connectivity index (χ1) is 14.1. The summed E-state index contributed by atoms with van der Waals surface area (Å²) in [5.41, 5.74) is 1.54. The van der Waals surface area contributed by atoms with Crippen molar-refractivity contribution >= 4 is 50.0 Å². The van der Waals surface area contributed by atoms with Gasteiger partial charge in [-0.3, -0.25) is 9.59 Å². The number of carbonyl (C=O) groups excluding carboxylic acids is 1. The van der Waals surface area contributed by atoms with Crippen molar-refractivity contribution < 1.29 is 4.79 Å². The number of thiazole rings is 1. The molecule has 1 aliphatic rings. The molecule has 3 heterocycles. The summed E-state index contributed by atoms with van der Waals surface area (Å²) in [4.78, 5) is 34.7. The normalized spacial score (nSPS) is 15.3. The van der Waals surface area contributed by atoms with Crippen LogP contribution in [0.2, 0.25) is 5.02 Å². The molecule has 0 bridgehead atoms. The largest absolute Gasteiger partial charge is 0.338 e. The minimum Gasteiger partial charge on any atom is -0.338 e. The molecule has 2 aromatic carbocycles. The number of piperidine rings is 1. The van der Waals surface area contributed by atoms with Gasteiger partial charge < -0.3 is 9.88 Å². The van der Waals surface area contributed by atoms with Crippen LogP contribution in [-0.2, 0) is 0 Å². The number of aromatic amines is 1. The topological polar surface area (TPSA) is 66.1 Å². The van der Waals surface area contributed by atoms with Crippen molar-refractivity contribution in [3.05, 3.63) is 74.5 Å². The van der Waals surface area contributed by atoms with Crippen LogP contribution in [0.15, 0.2) is 53.3 Å². The zero-order valence-corrected chi connectivity index (χ0v) is 17.1. The summed E-state index contributed by atoms with van der Waals surface area (Å²) in [5, 5.41) is 2.65. The second kappa shape index (κ2) is 7.28. The molecule has 5 rings (SSSR count). The fourth-order valence-electron chi connectivity index (χ4n) is 3.90. The lowest BCUT2D eigenvalue weighted by atomic mass is 9.97. The van der Waals surface area contributed by atoms with Crippen LogP contribution in [0.4, 0.5) is 0 Å². The number of para-hydroxylation sites is 1. The lowest BCUT2D eigenvalue weighted by Gasteiger charge is -2.31. The Morgan fingerprint density at radius 3 is 2.76 bits per heavy atom. The first-order valence-corrected chi connectivity index (χ1v) is 10.8. The Morgan fingerprint density at radius 1 is 1.14 bits per heavy atom. The van der Waals surface area contributed by atoms with Gasteiger partial charge in [-0.2, -0.15) is 0 Å². The molecule has 0 atom stereocenters. The lowest BCUT2D eigenvalue weighted by molar-refractivity contribution is 0.0711. The van der Waals surface area contributed by atoms with Crippen LogP contribution >= 0.6 is 22.9 Å². The summed E-state index contributed by atoms with van der Waals surface area (Å²) < 4.78 is 1.13. The van der Waals surface area contributed by atoms with Crippen LogP contribution in [0.3, 0.4) is 0 Å². The molecular weight excluding hydrogens is 406 g/mol. The molecule has 1 saturated heterocycles. The van der Waals surface area contributed by atoms with Crippen molar-refractivity contribution in [2.24, 2.45) is 0 Å². The maximum absolute atomic E-state index is 13.0. The van der Waals surface area contributed by atoms with Crippen molar-refractivity contribution in [1.82, 2.24) is 14.9 Å². The van der Waals surface area contributed by atoms with Gasteiger partial charge in [-0.1, -0.05) is 29.8 Å². The summed E-state index contributed by atoms with van der Waals surface area (Å²) in [6.07, 6.45) is 1.68. The number of rotatable bonds is 2. The number of H-pyrrole nitrogens is 1. The van der Waals surface area contributed by atoms with Crippen molar-refractivity contribution in [1.29, 1.82) is 0 Å². The highest BCUT2D eigenvalue weighted by molar-refractivity contribution is 7.18. The Morgan fingerprint density at radius 2 is 1.93 bits per heavy atom. The SMILES string of the molecule is O=C(c1cc2ccccc2[nH]c1=O)N1CCC(c2nc3cc(Cl)ccc3s2)CC1. The number of halogens is 1. The van der Waals surface area contributed by atoms with Crippen molar-refractivity contribution in [2.45, 2.75) is 18.8 Å². The number of hydrogen-bond acceptors (Lipinski definition) is 4. The number of carbonyl (C=O) groups is 1. The summed E-state index contributed by atoms with van der Waals surface area (Å²) in [6, 6.07) is 15.0. The second-order valence-corrected chi connectivity index (χ2v) is 8.83. The molecule has 4 aromatic rings. The third-order valence-electron chi connectivity index (χ3n) is 5.48. The summed E-state index contributed by atoms with van der Waals surface area (Å²) in [5.74, 6) is 0.122. The van der Waals surface area contributed by atoms with Gasteiger partial charge in [-0.05, 0) is 48.6 Å². The highest BCUT2D eigenvalue weighted by atomic mass is 35.5. The molecule has 0 radical (unpaired) electrons. The number of hydrogen-bond donors (Lipinski definition) is 1. The maximum atomic E-state index is 13.0. The van der Waals surface area contributed by atoms with Gasteiger partial charge in [0, 0.05) is 29.5 Å². The predicted molar refractivity (Wildman–Crippen MR) is 117 cm³/mol. The molecule has 1 amide bonds. The fraction of sp³-hybridized carbons (Fsp3) is 0.227. The maximum Gasteiger partial charge on any atom is 0.261 e. The molecule has 0 spiro atoms. The number of likely N-dealkylation sites (tertiary alicyclic amines) is 1. The van der Waals surface area contributed by atoms with E-state index in [1.807, 2.05) is 42.5 Å². The monoisotopic (exact) mass is 423 g/mol. The van der Waals surface area contributed by atoms with Crippen LogP contribution in [-0.4, -0.2) is 33.9 Å². The van der Waals surface area contributed by atoms with Crippen LogP contribution in [0.25, 0.3) is 21.1 Å². The number of aromatic nitrogens is 2. The molecule has 0 saturated carbocycles. The molecule has 1 N–H and O–H groups in total. The number of benzene rings is 2. The Balaban J connectivity index is 1.34. The van der Waals surface area contributed by atoms with Gasteiger partial charge in [0.2, 0.25) is 0 Å². The second-order valence-electron chi connectivity index (χ2n) is 7.33. The number of pyridine rings is 1. The first-order valence-electron chi connectivity index (χ1n) is 9.56. The number of nitrogens with one attached hydrogen (secondary N) is 1. The van der Waals surface area contributed by atoms with Gasteiger partial charge in [0.25, 0.3) is 11.5 Å². The highest BCUT2D eigenvalue weighted by Gasteiger charge is 2.27. The zero-order chi connectivity index (χ0) is 20.0. The summed E-state index contributed by atoms with van der Waals surface area (Å²) >= 11 is 7.76. The Labute approximate surface area is 176 Å². The van der Waals surface area contributed by atoms with Crippen LogP contribution in [0, 0.1) is 0 Å². The highest BCUT2D eigenvalue weighted by Crippen LogP contribution is 2.35. The predicted octanol–water partition coefficient (Wildman–Crippen LogP) is 4.81. The van der Waals surface area contributed by atoms with Gasteiger partial charge in [-0.15, -0.1) is 11.3 Å². The van der Waals surface area contributed by atoms with E-state index in [1.165, 1.54) is 0 Å². The third kappa shape index (κ3) is 3.43. The fourth-order valence-corrected chi connectivity index (χ4v) is 5.18. The molecule has 2 aromatic heterocycles. The summed E-state index contributed by atoms with van der Waals surface area (Å²) in [6.45, 7) is 1.24. The molecule has 1 aliphatic heterocycles. The van der Waals surface area contributed by atoms with Gasteiger partial charge in [0.1, 0.15) is 5.56 Å². The van der Waals surface area contributed by atoms with Crippen molar-refractivity contribution in [3.63, 3.8) is 0 Å². The van der Waals surface area contributed by atoms with E-state index in [4.69, 9.17) is 16.6 Å². The molecule has 29 heavy (non-hydrogen) atoms. The van der Waals surface area contributed by atoms with E-state index in [9.17, 15) is 9.59 Å².